The molecule has 158 valence electrons. The van der Waals surface area contributed by atoms with Crippen LogP contribution in [0.15, 0.2) is 71.8 Å². The molecule has 3 rings (SSSR count). The van der Waals surface area contributed by atoms with Gasteiger partial charge in [0.1, 0.15) is 12.4 Å². The van der Waals surface area contributed by atoms with Crippen molar-refractivity contribution in [3.63, 3.8) is 0 Å². The monoisotopic (exact) mass is 457 g/mol. The molecule has 0 aliphatic carbocycles. The Morgan fingerprint density at radius 1 is 1.06 bits per heavy atom. The highest BCUT2D eigenvalue weighted by molar-refractivity contribution is 6.42. The van der Waals surface area contributed by atoms with Crippen molar-refractivity contribution in [1.82, 2.24) is 5.43 Å². The number of hydrazone groups is 1. The van der Waals surface area contributed by atoms with Crippen LogP contribution in [0.4, 0.5) is 5.69 Å². The normalized spacial score (nSPS) is 10.8. The first-order valence-electron chi connectivity index (χ1n) is 9.13. The van der Waals surface area contributed by atoms with Gasteiger partial charge in [-0.05, 0) is 47.5 Å². The Morgan fingerprint density at radius 2 is 1.81 bits per heavy atom. The zero-order valence-corrected chi connectivity index (χ0v) is 17.6. The summed E-state index contributed by atoms with van der Waals surface area (Å²) in [6.45, 7) is 0.339. The third-order valence-corrected chi connectivity index (χ3v) is 4.95. The molecule has 0 saturated carbocycles. The average molecular weight is 458 g/mol. The van der Waals surface area contributed by atoms with Gasteiger partial charge in [0.15, 0.2) is 0 Å². The molecule has 0 bridgehead atoms. The van der Waals surface area contributed by atoms with Gasteiger partial charge in [0.2, 0.25) is 5.91 Å². The number of ether oxygens (including phenoxy) is 1. The fourth-order valence-electron chi connectivity index (χ4n) is 2.68. The lowest BCUT2D eigenvalue weighted by molar-refractivity contribution is -0.385. The molecule has 0 unspecified atom stereocenters. The average Bonchev–Trinajstić information content (AvgIpc) is 2.75. The van der Waals surface area contributed by atoms with Crippen LogP contribution >= 0.6 is 23.2 Å². The standard InChI is InChI=1S/C22H17Cl2N3O4/c23-19-10-7-16(11-20(19)24)14-31-18-8-5-15(6-9-18)13-25-26-22(28)12-17-3-1-2-4-21(17)27(29)30/h1-11,13H,12,14H2,(H,26,28)/b25-13+. The Morgan fingerprint density at radius 3 is 2.52 bits per heavy atom. The number of halogens is 2. The van der Waals surface area contributed by atoms with Gasteiger partial charge in [-0.2, -0.15) is 5.10 Å². The number of nitro benzene ring substituents is 1. The van der Waals surface area contributed by atoms with Gasteiger partial charge in [-0.15, -0.1) is 0 Å². The van der Waals surface area contributed by atoms with E-state index in [1.54, 1.807) is 48.5 Å². The molecule has 0 aliphatic heterocycles. The molecule has 3 aromatic carbocycles. The zero-order valence-electron chi connectivity index (χ0n) is 16.1. The minimum atomic E-state index is -0.517. The molecule has 3 aromatic rings. The Hall–Kier alpha value is -3.42. The molecule has 9 heteroatoms. The molecule has 7 nitrogen and oxygen atoms in total. The first kappa shape index (κ1) is 22.3. The van der Waals surface area contributed by atoms with Crippen LogP contribution in [0.25, 0.3) is 0 Å². The van der Waals surface area contributed by atoms with E-state index in [9.17, 15) is 14.9 Å². The van der Waals surface area contributed by atoms with E-state index in [0.717, 1.165) is 11.1 Å². The van der Waals surface area contributed by atoms with Gasteiger partial charge in [-0.25, -0.2) is 5.43 Å². The molecule has 1 N–H and O–H groups in total. The summed E-state index contributed by atoms with van der Waals surface area (Å²) in [7, 11) is 0. The number of carbonyl (C=O) groups is 1. The van der Waals surface area contributed by atoms with E-state index in [4.69, 9.17) is 27.9 Å². The van der Waals surface area contributed by atoms with Gasteiger partial charge in [-0.3, -0.25) is 14.9 Å². The maximum Gasteiger partial charge on any atom is 0.273 e. The number of para-hydroxylation sites is 1. The van der Waals surface area contributed by atoms with Crippen molar-refractivity contribution in [3.8, 4) is 5.75 Å². The summed E-state index contributed by atoms with van der Waals surface area (Å²) in [4.78, 5) is 22.5. The summed E-state index contributed by atoms with van der Waals surface area (Å²) in [6.07, 6.45) is 1.33. The first-order valence-corrected chi connectivity index (χ1v) is 9.89. The van der Waals surface area contributed by atoms with Crippen LogP contribution < -0.4 is 10.2 Å². The number of amides is 1. The van der Waals surface area contributed by atoms with E-state index in [1.807, 2.05) is 6.07 Å². The van der Waals surface area contributed by atoms with Gasteiger partial charge < -0.3 is 4.74 Å². The third kappa shape index (κ3) is 6.53. The molecule has 0 radical (unpaired) electrons. The van der Waals surface area contributed by atoms with Crippen LogP contribution in [-0.2, 0) is 17.8 Å². The van der Waals surface area contributed by atoms with Crippen molar-refractivity contribution in [3.05, 3.63) is 104 Å². The number of hydrogen-bond acceptors (Lipinski definition) is 5. The molecule has 0 heterocycles. The zero-order chi connectivity index (χ0) is 22.2. The summed E-state index contributed by atoms with van der Waals surface area (Å²) in [5.74, 6) is 0.204. The lowest BCUT2D eigenvalue weighted by Gasteiger charge is -2.07. The molecule has 0 aliphatic rings. The number of rotatable bonds is 8. The van der Waals surface area contributed by atoms with Crippen LogP contribution in [0, 0.1) is 10.1 Å². The van der Waals surface area contributed by atoms with Crippen molar-refractivity contribution >= 4 is 41.0 Å². The second-order valence-corrected chi connectivity index (χ2v) is 7.28. The summed E-state index contributed by atoms with van der Waals surface area (Å²) in [6, 6.07) is 18.5. The highest BCUT2D eigenvalue weighted by atomic mass is 35.5. The number of hydrogen-bond donors (Lipinski definition) is 1. The lowest BCUT2D eigenvalue weighted by atomic mass is 10.1. The molecule has 0 fully saturated rings. The number of nitrogens with zero attached hydrogens (tertiary/aromatic N) is 2. The lowest BCUT2D eigenvalue weighted by Crippen LogP contribution is -2.20. The summed E-state index contributed by atoms with van der Waals surface area (Å²) >= 11 is 11.9. The van der Waals surface area contributed by atoms with Crippen LogP contribution in [-0.4, -0.2) is 17.0 Å². The minimum absolute atomic E-state index is 0.0990. The molecule has 0 aromatic heterocycles. The maximum absolute atomic E-state index is 12.0. The van der Waals surface area contributed by atoms with E-state index in [1.165, 1.54) is 18.3 Å². The van der Waals surface area contributed by atoms with Gasteiger partial charge in [0.05, 0.1) is 27.6 Å². The molecule has 1 amide bonds. The highest BCUT2D eigenvalue weighted by Crippen LogP contribution is 2.23. The van der Waals surface area contributed by atoms with Crippen molar-refractivity contribution in [2.75, 3.05) is 0 Å². The van der Waals surface area contributed by atoms with Crippen LogP contribution in [0.3, 0.4) is 0 Å². The van der Waals surface area contributed by atoms with Crippen LogP contribution in [0.5, 0.6) is 5.75 Å². The topological polar surface area (TPSA) is 93.8 Å². The Kier molecular flexibility index (Phi) is 7.59. The SMILES string of the molecule is O=C(Cc1ccccc1[N+](=O)[O-])N/N=C/c1ccc(OCc2ccc(Cl)c(Cl)c2)cc1. The van der Waals surface area contributed by atoms with E-state index >= 15 is 0 Å². The third-order valence-electron chi connectivity index (χ3n) is 4.21. The molecule has 0 saturated heterocycles. The molecule has 31 heavy (non-hydrogen) atoms. The number of benzene rings is 3. The number of nitrogens with one attached hydrogen (secondary N) is 1. The molecular weight excluding hydrogens is 441 g/mol. The van der Waals surface area contributed by atoms with Crippen molar-refractivity contribution < 1.29 is 14.5 Å². The highest BCUT2D eigenvalue weighted by Gasteiger charge is 2.15. The van der Waals surface area contributed by atoms with Gasteiger partial charge >= 0.3 is 0 Å². The maximum atomic E-state index is 12.0. The van der Waals surface area contributed by atoms with Crippen LogP contribution in [0.2, 0.25) is 10.0 Å². The Balaban J connectivity index is 1.50. The Bertz CT molecular complexity index is 1120. The van der Waals surface area contributed by atoms with Crippen molar-refractivity contribution in [2.45, 2.75) is 13.0 Å². The fraction of sp³-hybridized carbons (Fsp3) is 0.0909. The number of nitro groups is 1. The predicted molar refractivity (Wildman–Crippen MR) is 120 cm³/mol. The minimum Gasteiger partial charge on any atom is -0.489 e. The van der Waals surface area contributed by atoms with E-state index in [0.29, 0.717) is 28.0 Å². The van der Waals surface area contributed by atoms with E-state index < -0.39 is 10.8 Å². The van der Waals surface area contributed by atoms with Crippen molar-refractivity contribution in [2.24, 2.45) is 5.10 Å². The van der Waals surface area contributed by atoms with Crippen LogP contribution in [0.1, 0.15) is 16.7 Å². The molecular formula is C22H17Cl2N3O4. The fourth-order valence-corrected chi connectivity index (χ4v) is 3.00. The van der Waals surface area contributed by atoms with Gasteiger partial charge in [-0.1, -0.05) is 47.5 Å². The smallest absolute Gasteiger partial charge is 0.273 e. The molecule has 0 atom stereocenters. The summed E-state index contributed by atoms with van der Waals surface area (Å²) < 4.78 is 5.71. The van der Waals surface area contributed by atoms with Gasteiger partial charge in [0.25, 0.3) is 5.69 Å². The Labute approximate surface area is 188 Å². The number of carbonyl (C=O) groups excluding carboxylic acids is 1. The quantitative estimate of drug-likeness (QED) is 0.286. The second kappa shape index (κ2) is 10.6. The summed E-state index contributed by atoms with van der Waals surface area (Å²) in [5.41, 5.74) is 4.23. The predicted octanol–water partition coefficient (Wildman–Crippen LogP) is 5.17. The van der Waals surface area contributed by atoms with Crippen molar-refractivity contribution in [1.29, 1.82) is 0 Å². The van der Waals surface area contributed by atoms with Gasteiger partial charge in [0, 0.05) is 11.6 Å². The van der Waals surface area contributed by atoms with E-state index in [-0.39, 0.29) is 12.1 Å². The summed E-state index contributed by atoms with van der Waals surface area (Å²) in [5, 5.41) is 15.9. The second-order valence-electron chi connectivity index (χ2n) is 6.46. The first-order chi connectivity index (χ1) is 14.9. The molecule has 0 spiro atoms. The largest absolute Gasteiger partial charge is 0.489 e. The van der Waals surface area contributed by atoms with E-state index in [2.05, 4.69) is 10.5 Å².